The van der Waals surface area contributed by atoms with E-state index in [1.807, 2.05) is 12.1 Å². The van der Waals surface area contributed by atoms with Gasteiger partial charge in [0, 0.05) is 6.07 Å². The third-order valence-corrected chi connectivity index (χ3v) is 4.65. The van der Waals surface area contributed by atoms with Gasteiger partial charge in [0.15, 0.2) is 0 Å². The van der Waals surface area contributed by atoms with Crippen molar-refractivity contribution >= 4 is 44.6 Å². The van der Waals surface area contributed by atoms with Gasteiger partial charge in [0.2, 0.25) is 0 Å². The van der Waals surface area contributed by atoms with Crippen molar-refractivity contribution in [3.63, 3.8) is 0 Å². The third kappa shape index (κ3) is 2.46. The lowest BCUT2D eigenvalue weighted by Gasteiger charge is -2.01. The van der Waals surface area contributed by atoms with E-state index in [9.17, 15) is 4.39 Å². The van der Waals surface area contributed by atoms with Crippen LogP contribution < -0.4 is 5.73 Å². The summed E-state index contributed by atoms with van der Waals surface area (Å²) in [6.07, 6.45) is 1.66. The molecule has 0 saturated carbocycles. The molecule has 0 aliphatic rings. The third-order valence-electron chi connectivity index (χ3n) is 2.72. The van der Waals surface area contributed by atoms with Crippen molar-refractivity contribution in [2.45, 2.75) is 0 Å². The fourth-order valence-electron chi connectivity index (χ4n) is 1.78. The smallest absolute Gasteiger partial charge is 0.143 e. The van der Waals surface area contributed by atoms with E-state index in [2.05, 4.69) is 21.0 Å². The van der Waals surface area contributed by atoms with Crippen molar-refractivity contribution < 1.29 is 4.39 Å². The molecule has 0 aliphatic carbocycles. The zero-order chi connectivity index (χ0) is 14.3. The zero-order valence-electron chi connectivity index (χ0n) is 9.98. The Morgan fingerprint density at radius 3 is 2.75 bits per heavy atom. The second-order valence-corrected chi connectivity index (χ2v) is 6.95. The molecule has 3 rings (SSSR count). The average Bonchev–Trinajstić information content (AvgIpc) is 2.99. The van der Waals surface area contributed by atoms with Crippen LogP contribution in [0, 0.1) is 5.82 Å². The molecule has 0 saturated heterocycles. The van der Waals surface area contributed by atoms with Gasteiger partial charge >= 0.3 is 0 Å². The van der Waals surface area contributed by atoms with E-state index < -0.39 is 5.82 Å². The fourth-order valence-corrected chi connectivity index (χ4v) is 3.29. The van der Waals surface area contributed by atoms with Crippen molar-refractivity contribution in [1.29, 1.82) is 0 Å². The van der Waals surface area contributed by atoms with Crippen molar-refractivity contribution in [2.75, 3.05) is 5.73 Å². The van der Waals surface area contributed by atoms with Gasteiger partial charge in [-0.05, 0) is 40.2 Å². The Morgan fingerprint density at radius 2 is 2.10 bits per heavy atom. The number of halogens is 3. The predicted octanol–water partition coefficient (Wildman–Crippen LogP) is 4.74. The van der Waals surface area contributed by atoms with Crippen LogP contribution in [0.5, 0.6) is 0 Å². The molecule has 0 bridgehead atoms. The minimum atomic E-state index is -0.487. The maximum atomic E-state index is 13.5. The van der Waals surface area contributed by atoms with Crippen LogP contribution in [-0.4, -0.2) is 9.78 Å². The number of hydrogen-bond donors (Lipinski definition) is 1. The maximum absolute atomic E-state index is 13.5. The summed E-state index contributed by atoms with van der Waals surface area (Å²) in [6, 6.07) is 8.36. The van der Waals surface area contributed by atoms with Gasteiger partial charge in [-0.15, -0.1) is 11.3 Å². The summed E-state index contributed by atoms with van der Waals surface area (Å²) in [4.78, 5) is 0.947. The molecular weight excluding hydrogens is 365 g/mol. The number of aromatic nitrogens is 2. The molecule has 0 fully saturated rings. The van der Waals surface area contributed by atoms with Crippen LogP contribution in [0.3, 0.4) is 0 Å². The molecule has 20 heavy (non-hydrogen) atoms. The zero-order valence-corrected chi connectivity index (χ0v) is 13.1. The number of thiophene rings is 1. The lowest BCUT2D eigenvalue weighted by molar-refractivity contribution is 0.626. The molecular formula is C13H8BrClFN3S. The Balaban J connectivity index is 2.06. The summed E-state index contributed by atoms with van der Waals surface area (Å²) in [5.74, 6) is -0.487. The molecule has 0 aliphatic heterocycles. The van der Waals surface area contributed by atoms with Crippen LogP contribution in [0.15, 0.2) is 40.3 Å². The van der Waals surface area contributed by atoms with Gasteiger partial charge in [0.05, 0.1) is 31.3 Å². The van der Waals surface area contributed by atoms with Crippen LogP contribution in [0.4, 0.5) is 10.1 Å². The number of nitrogens with two attached hydrogens (primary N) is 1. The number of hydrogen-bond acceptors (Lipinski definition) is 3. The van der Waals surface area contributed by atoms with E-state index in [4.69, 9.17) is 17.3 Å². The van der Waals surface area contributed by atoms with Gasteiger partial charge in [-0.3, -0.25) is 0 Å². The van der Waals surface area contributed by atoms with Gasteiger partial charge in [-0.1, -0.05) is 11.6 Å². The van der Waals surface area contributed by atoms with Crippen LogP contribution in [0.1, 0.15) is 0 Å². The quantitative estimate of drug-likeness (QED) is 0.706. The minimum Gasteiger partial charge on any atom is -0.396 e. The first-order chi connectivity index (χ1) is 9.54. The first kappa shape index (κ1) is 13.6. The molecule has 0 radical (unpaired) electrons. The molecule has 3 nitrogen and oxygen atoms in total. The van der Waals surface area contributed by atoms with Crippen molar-refractivity contribution in [1.82, 2.24) is 9.78 Å². The van der Waals surface area contributed by atoms with Crippen LogP contribution in [0.25, 0.3) is 16.3 Å². The molecule has 7 heteroatoms. The first-order valence-corrected chi connectivity index (χ1v) is 7.59. The number of benzene rings is 1. The average molecular weight is 373 g/mol. The Labute approximate surface area is 131 Å². The Bertz CT molecular complexity index is 784. The highest BCUT2D eigenvalue weighted by Gasteiger charge is 2.12. The van der Waals surface area contributed by atoms with Crippen molar-refractivity contribution in [3.05, 3.63) is 51.2 Å². The van der Waals surface area contributed by atoms with E-state index in [1.165, 1.54) is 28.2 Å². The first-order valence-electron chi connectivity index (χ1n) is 5.61. The highest BCUT2D eigenvalue weighted by atomic mass is 79.9. The SMILES string of the molecule is Nc1cn(-c2ccc(Cl)c(F)c2)nc1-c1ccc(Br)s1. The van der Waals surface area contributed by atoms with E-state index in [0.29, 0.717) is 17.1 Å². The monoisotopic (exact) mass is 371 g/mol. The summed E-state index contributed by atoms with van der Waals surface area (Å²) in [7, 11) is 0. The van der Waals surface area contributed by atoms with E-state index in [1.54, 1.807) is 12.3 Å². The van der Waals surface area contributed by atoms with Crippen LogP contribution >= 0.6 is 38.9 Å². The highest BCUT2D eigenvalue weighted by Crippen LogP contribution is 2.34. The molecule has 2 aromatic heterocycles. The van der Waals surface area contributed by atoms with Gasteiger partial charge < -0.3 is 5.73 Å². The number of anilines is 1. The summed E-state index contributed by atoms with van der Waals surface area (Å²) >= 11 is 10.6. The van der Waals surface area contributed by atoms with Gasteiger partial charge in [0.1, 0.15) is 11.5 Å². The molecule has 2 N–H and O–H groups in total. The molecule has 0 atom stereocenters. The second-order valence-electron chi connectivity index (χ2n) is 4.08. The van der Waals surface area contributed by atoms with Crippen molar-refractivity contribution in [3.8, 4) is 16.3 Å². The lowest BCUT2D eigenvalue weighted by atomic mass is 10.3. The minimum absolute atomic E-state index is 0.0799. The van der Waals surface area contributed by atoms with Crippen LogP contribution in [0.2, 0.25) is 5.02 Å². The molecule has 2 heterocycles. The molecule has 0 unspecified atom stereocenters. The van der Waals surface area contributed by atoms with E-state index in [-0.39, 0.29) is 5.02 Å². The molecule has 102 valence electrons. The summed E-state index contributed by atoms with van der Waals surface area (Å²) in [5.41, 5.74) is 7.76. The normalized spacial score (nSPS) is 10.9. The molecule has 3 aromatic rings. The molecule has 1 aromatic carbocycles. The fraction of sp³-hybridized carbons (Fsp3) is 0. The maximum Gasteiger partial charge on any atom is 0.143 e. The number of nitrogens with zero attached hydrogens (tertiary/aromatic N) is 2. The largest absolute Gasteiger partial charge is 0.396 e. The summed E-state index contributed by atoms with van der Waals surface area (Å²) < 4.78 is 16.0. The molecule has 0 amide bonds. The Hall–Kier alpha value is -1.37. The number of rotatable bonds is 2. The standard InChI is InChI=1S/C13H8BrClFN3S/c14-12-4-3-11(20-12)13-10(17)6-19(18-13)7-1-2-8(15)9(16)5-7/h1-6H,17H2. The summed E-state index contributed by atoms with van der Waals surface area (Å²) in [6.45, 7) is 0. The predicted molar refractivity (Wildman–Crippen MR) is 84.0 cm³/mol. The summed E-state index contributed by atoms with van der Waals surface area (Å²) in [5, 5.41) is 4.49. The van der Waals surface area contributed by atoms with Gasteiger partial charge in [-0.25, -0.2) is 9.07 Å². The second kappa shape index (κ2) is 5.20. The lowest BCUT2D eigenvalue weighted by Crippen LogP contribution is -1.95. The van der Waals surface area contributed by atoms with E-state index in [0.717, 1.165) is 8.66 Å². The molecule has 0 spiro atoms. The Morgan fingerprint density at radius 1 is 1.30 bits per heavy atom. The Kier molecular flexibility index (Phi) is 3.54. The van der Waals surface area contributed by atoms with Gasteiger partial charge in [-0.2, -0.15) is 5.10 Å². The van der Waals surface area contributed by atoms with Crippen LogP contribution in [-0.2, 0) is 0 Å². The van der Waals surface area contributed by atoms with E-state index >= 15 is 0 Å². The topological polar surface area (TPSA) is 43.8 Å². The number of nitrogen functional groups attached to an aromatic ring is 1. The highest BCUT2D eigenvalue weighted by molar-refractivity contribution is 9.11. The van der Waals surface area contributed by atoms with Crippen molar-refractivity contribution in [2.24, 2.45) is 0 Å². The van der Waals surface area contributed by atoms with Gasteiger partial charge in [0.25, 0.3) is 0 Å².